The molecule has 0 amide bonds. The molecule has 5 heteroatoms. The second-order valence-electron chi connectivity index (χ2n) is 5.37. The first-order valence-electron chi connectivity index (χ1n) is 7.20. The van der Waals surface area contributed by atoms with Crippen molar-refractivity contribution in [3.8, 4) is 0 Å². The monoisotopic (exact) mass is 301 g/mol. The lowest BCUT2D eigenvalue weighted by atomic mass is 9.94. The fourth-order valence-electron chi connectivity index (χ4n) is 2.55. The van der Waals surface area contributed by atoms with Crippen molar-refractivity contribution in [2.24, 2.45) is 0 Å². The van der Waals surface area contributed by atoms with Crippen LogP contribution in [0.25, 0.3) is 0 Å². The standard InChI is InChI=1S/C16H19F4N/c17-15(13-6-2-1-3-7-13)11-21-10-12-5-4-8-14(9-12)16(18,19)20/h4-5,8-9,21H,1-3,6-7,10-11H2. The minimum Gasteiger partial charge on any atom is -0.306 e. The first-order chi connectivity index (χ1) is 9.97. The fraction of sp³-hybridized carbons (Fsp3) is 0.500. The van der Waals surface area contributed by atoms with E-state index in [1.54, 1.807) is 6.07 Å². The summed E-state index contributed by atoms with van der Waals surface area (Å²) >= 11 is 0. The lowest BCUT2D eigenvalue weighted by molar-refractivity contribution is -0.137. The van der Waals surface area contributed by atoms with Gasteiger partial charge in [-0.3, -0.25) is 0 Å². The Hall–Kier alpha value is -1.36. The Bertz CT molecular complexity index is 497. The van der Waals surface area contributed by atoms with Gasteiger partial charge in [0.2, 0.25) is 0 Å². The first-order valence-corrected chi connectivity index (χ1v) is 7.20. The molecule has 1 aliphatic rings. The number of nitrogens with one attached hydrogen (secondary N) is 1. The number of rotatable bonds is 4. The predicted octanol–water partition coefficient (Wildman–Crippen LogP) is 4.98. The van der Waals surface area contributed by atoms with E-state index in [1.165, 1.54) is 6.07 Å². The molecule has 0 aromatic heterocycles. The van der Waals surface area contributed by atoms with E-state index in [0.717, 1.165) is 49.8 Å². The van der Waals surface area contributed by atoms with Crippen molar-refractivity contribution in [1.29, 1.82) is 0 Å². The van der Waals surface area contributed by atoms with Gasteiger partial charge < -0.3 is 5.32 Å². The third-order valence-electron chi connectivity index (χ3n) is 3.70. The largest absolute Gasteiger partial charge is 0.416 e. The maximum Gasteiger partial charge on any atom is 0.416 e. The second kappa shape index (κ2) is 7.07. The Balaban J connectivity index is 1.89. The van der Waals surface area contributed by atoms with E-state index in [-0.39, 0.29) is 18.9 Å². The van der Waals surface area contributed by atoms with Crippen LogP contribution in [0.4, 0.5) is 17.6 Å². The number of halogens is 4. The molecule has 0 radical (unpaired) electrons. The van der Waals surface area contributed by atoms with Crippen LogP contribution in [0.15, 0.2) is 35.7 Å². The van der Waals surface area contributed by atoms with Gasteiger partial charge in [-0.1, -0.05) is 24.6 Å². The van der Waals surface area contributed by atoms with Crippen LogP contribution in [0.1, 0.15) is 43.2 Å². The zero-order valence-electron chi connectivity index (χ0n) is 11.8. The highest BCUT2D eigenvalue weighted by atomic mass is 19.4. The van der Waals surface area contributed by atoms with Crippen molar-refractivity contribution in [3.63, 3.8) is 0 Å². The molecule has 21 heavy (non-hydrogen) atoms. The molecule has 1 aromatic carbocycles. The third-order valence-corrected chi connectivity index (χ3v) is 3.70. The number of hydrogen-bond donors (Lipinski definition) is 1. The summed E-state index contributed by atoms with van der Waals surface area (Å²) in [6, 6.07) is 5.11. The molecule has 0 spiro atoms. The Morgan fingerprint density at radius 1 is 1.10 bits per heavy atom. The van der Waals surface area contributed by atoms with Gasteiger partial charge in [0.25, 0.3) is 0 Å². The zero-order chi connectivity index (χ0) is 15.3. The fourth-order valence-corrected chi connectivity index (χ4v) is 2.55. The Morgan fingerprint density at radius 2 is 1.81 bits per heavy atom. The highest BCUT2D eigenvalue weighted by Gasteiger charge is 2.30. The Labute approximate surface area is 122 Å². The molecule has 0 unspecified atom stereocenters. The van der Waals surface area contributed by atoms with Crippen molar-refractivity contribution in [3.05, 3.63) is 46.8 Å². The van der Waals surface area contributed by atoms with Crippen LogP contribution in [-0.2, 0) is 12.7 Å². The normalized spacial score (nSPS) is 16.1. The highest BCUT2D eigenvalue weighted by molar-refractivity contribution is 5.25. The van der Waals surface area contributed by atoms with Gasteiger partial charge in [-0.15, -0.1) is 0 Å². The Morgan fingerprint density at radius 3 is 2.48 bits per heavy atom. The van der Waals surface area contributed by atoms with Gasteiger partial charge in [-0.25, -0.2) is 4.39 Å². The molecule has 1 aromatic rings. The molecule has 1 N–H and O–H groups in total. The van der Waals surface area contributed by atoms with E-state index in [9.17, 15) is 17.6 Å². The minimum absolute atomic E-state index is 0.0889. The van der Waals surface area contributed by atoms with Gasteiger partial charge >= 0.3 is 6.18 Å². The smallest absolute Gasteiger partial charge is 0.306 e. The zero-order valence-corrected chi connectivity index (χ0v) is 11.8. The molecule has 1 aliphatic carbocycles. The van der Waals surface area contributed by atoms with E-state index in [1.807, 2.05) is 0 Å². The van der Waals surface area contributed by atoms with Crippen molar-refractivity contribution < 1.29 is 17.6 Å². The number of hydrogen-bond acceptors (Lipinski definition) is 1. The quantitative estimate of drug-likeness (QED) is 0.773. The average Bonchev–Trinajstić information content (AvgIpc) is 2.47. The lowest BCUT2D eigenvalue weighted by Gasteiger charge is -2.15. The second-order valence-corrected chi connectivity index (χ2v) is 5.37. The minimum atomic E-state index is -4.34. The molecular formula is C16H19F4N. The molecule has 0 aliphatic heterocycles. The van der Waals surface area contributed by atoms with Crippen LogP contribution in [0.5, 0.6) is 0 Å². The summed E-state index contributed by atoms with van der Waals surface area (Å²) in [6.07, 6.45) is 0.459. The van der Waals surface area contributed by atoms with Crippen molar-refractivity contribution in [2.75, 3.05) is 6.54 Å². The summed E-state index contributed by atoms with van der Waals surface area (Å²) in [7, 11) is 0. The molecule has 0 bridgehead atoms. The van der Waals surface area contributed by atoms with Crippen LogP contribution in [0.2, 0.25) is 0 Å². The van der Waals surface area contributed by atoms with Gasteiger partial charge in [0, 0.05) is 13.1 Å². The van der Waals surface area contributed by atoms with Crippen LogP contribution >= 0.6 is 0 Å². The summed E-state index contributed by atoms with van der Waals surface area (Å²) in [5.41, 5.74) is 0.692. The van der Waals surface area contributed by atoms with Crippen molar-refractivity contribution in [1.82, 2.24) is 5.32 Å². The van der Waals surface area contributed by atoms with E-state index in [2.05, 4.69) is 5.32 Å². The van der Waals surface area contributed by atoms with Crippen LogP contribution in [0.3, 0.4) is 0 Å². The van der Waals surface area contributed by atoms with E-state index in [0.29, 0.717) is 5.56 Å². The van der Waals surface area contributed by atoms with Gasteiger partial charge in [-0.05, 0) is 42.9 Å². The van der Waals surface area contributed by atoms with Gasteiger partial charge in [-0.2, -0.15) is 13.2 Å². The van der Waals surface area contributed by atoms with Crippen LogP contribution < -0.4 is 5.32 Å². The van der Waals surface area contributed by atoms with Crippen molar-refractivity contribution >= 4 is 0 Å². The maximum atomic E-state index is 13.9. The summed E-state index contributed by atoms with van der Waals surface area (Å²) in [5, 5.41) is 2.88. The van der Waals surface area contributed by atoms with Gasteiger partial charge in [0.15, 0.2) is 0 Å². The number of alkyl halides is 3. The molecule has 116 valence electrons. The van der Waals surface area contributed by atoms with Crippen molar-refractivity contribution in [2.45, 2.75) is 44.8 Å². The lowest BCUT2D eigenvalue weighted by Crippen LogP contribution is -2.17. The topological polar surface area (TPSA) is 12.0 Å². The van der Waals surface area contributed by atoms with E-state index < -0.39 is 11.7 Å². The average molecular weight is 301 g/mol. The first kappa shape index (κ1) is 16.0. The molecule has 0 heterocycles. The molecule has 1 nitrogen and oxygen atoms in total. The predicted molar refractivity (Wildman–Crippen MR) is 74.4 cm³/mol. The maximum absolute atomic E-state index is 13.9. The molecule has 1 saturated carbocycles. The molecule has 2 rings (SSSR count). The van der Waals surface area contributed by atoms with Gasteiger partial charge in [0.1, 0.15) is 5.83 Å². The summed E-state index contributed by atoms with van der Waals surface area (Å²) in [6.45, 7) is 0.316. The van der Waals surface area contributed by atoms with Gasteiger partial charge in [0.05, 0.1) is 5.56 Å². The molecule has 1 fully saturated rings. The third kappa shape index (κ3) is 4.84. The molecule has 0 saturated heterocycles. The van der Waals surface area contributed by atoms with Crippen LogP contribution in [0, 0.1) is 0 Å². The van der Waals surface area contributed by atoms with Crippen LogP contribution in [-0.4, -0.2) is 6.54 Å². The number of benzene rings is 1. The molecule has 0 atom stereocenters. The summed E-state index contributed by atoms with van der Waals surface area (Å²) in [5.74, 6) is -0.151. The van der Waals surface area contributed by atoms with E-state index >= 15 is 0 Å². The highest BCUT2D eigenvalue weighted by Crippen LogP contribution is 2.29. The summed E-state index contributed by atoms with van der Waals surface area (Å²) < 4.78 is 51.6. The number of allylic oxidation sites excluding steroid dienone is 1. The SMILES string of the molecule is FC(CNCc1cccc(C(F)(F)F)c1)=C1CCCCC1. The molecular weight excluding hydrogens is 282 g/mol. The van der Waals surface area contributed by atoms with E-state index in [4.69, 9.17) is 0 Å². The summed E-state index contributed by atoms with van der Waals surface area (Å²) in [4.78, 5) is 0. The Kier molecular flexibility index (Phi) is 5.39.